The van der Waals surface area contributed by atoms with Gasteiger partial charge in [-0.15, -0.1) is 10.2 Å². The van der Waals surface area contributed by atoms with Crippen molar-refractivity contribution in [3.63, 3.8) is 0 Å². The predicted octanol–water partition coefficient (Wildman–Crippen LogP) is 3.36. The Kier molecular flexibility index (Phi) is 5.86. The van der Waals surface area contributed by atoms with Crippen LogP contribution in [-0.2, 0) is 10.0 Å². The molecule has 3 aromatic heterocycles. The van der Waals surface area contributed by atoms with Crippen LogP contribution in [0.25, 0.3) is 16.2 Å². The first-order valence-corrected chi connectivity index (χ1v) is 13.3. The number of nitrogens with zero attached hydrogens (tertiary/aromatic N) is 4. The molecule has 1 aliphatic carbocycles. The molecule has 1 aliphatic heterocycles. The molecular weight excluding hydrogens is 489 g/mol. The van der Waals surface area contributed by atoms with Crippen molar-refractivity contribution in [3.8, 4) is 10.7 Å². The Balaban J connectivity index is 1.67. The number of halogens is 3. The molecule has 0 bridgehead atoms. The van der Waals surface area contributed by atoms with Crippen LogP contribution in [0.1, 0.15) is 38.1 Å². The third kappa shape index (κ3) is 4.18. The van der Waals surface area contributed by atoms with Gasteiger partial charge in [0.25, 0.3) is 6.43 Å². The summed E-state index contributed by atoms with van der Waals surface area (Å²) >= 11 is 0.762. The van der Waals surface area contributed by atoms with Crippen molar-refractivity contribution in [1.82, 2.24) is 24.6 Å². The molecule has 2 atom stereocenters. The molecule has 0 radical (unpaired) electrons. The lowest BCUT2D eigenvalue weighted by atomic mass is 10.1. The van der Waals surface area contributed by atoms with E-state index in [1.54, 1.807) is 22.6 Å². The van der Waals surface area contributed by atoms with Crippen molar-refractivity contribution < 1.29 is 21.6 Å². The first-order valence-electron chi connectivity index (χ1n) is 11.0. The van der Waals surface area contributed by atoms with Crippen molar-refractivity contribution in [3.05, 3.63) is 29.4 Å². The molecule has 1 saturated heterocycles. The van der Waals surface area contributed by atoms with Crippen LogP contribution in [0.4, 0.5) is 18.9 Å². The van der Waals surface area contributed by atoms with E-state index < -0.39 is 39.7 Å². The van der Waals surface area contributed by atoms with E-state index in [4.69, 9.17) is 0 Å². The fraction of sp³-hybridized carbons (Fsp3) is 0.524. The molecule has 0 aromatic carbocycles. The fourth-order valence-corrected chi connectivity index (χ4v) is 6.51. The molecule has 2 fully saturated rings. The minimum atomic E-state index is -3.87. The van der Waals surface area contributed by atoms with Gasteiger partial charge in [0.15, 0.2) is 10.0 Å². The third-order valence-electron chi connectivity index (χ3n) is 6.56. The summed E-state index contributed by atoms with van der Waals surface area (Å²) in [7, 11) is -3.87. The highest BCUT2D eigenvalue weighted by atomic mass is 32.2. The van der Waals surface area contributed by atoms with Crippen LogP contribution in [0.5, 0.6) is 0 Å². The van der Waals surface area contributed by atoms with Crippen molar-refractivity contribution in [2.45, 2.75) is 55.6 Å². The highest BCUT2D eigenvalue weighted by Gasteiger charge is 2.41. The third-order valence-corrected chi connectivity index (χ3v) is 9.12. The van der Waals surface area contributed by atoms with Gasteiger partial charge >= 0.3 is 0 Å². The van der Waals surface area contributed by atoms with Crippen molar-refractivity contribution >= 4 is 32.6 Å². The minimum Gasteiger partial charge on any atom is -0.364 e. The fourth-order valence-electron chi connectivity index (χ4n) is 4.30. The van der Waals surface area contributed by atoms with E-state index in [9.17, 15) is 21.6 Å². The van der Waals surface area contributed by atoms with Gasteiger partial charge in [-0.25, -0.2) is 26.3 Å². The quantitative estimate of drug-likeness (QED) is 0.503. The first kappa shape index (κ1) is 23.5. The number of pyridine rings is 1. The summed E-state index contributed by atoms with van der Waals surface area (Å²) < 4.78 is 70.8. The van der Waals surface area contributed by atoms with Crippen LogP contribution in [-0.4, -0.2) is 60.4 Å². The van der Waals surface area contributed by atoms with Gasteiger partial charge < -0.3 is 14.6 Å². The Morgan fingerprint density at radius 1 is 1.32 bits per heavy atom. The Labute approximate surface area is 199 Å². The Bertz CT molecular complexity index is 1320. The van der Waals surface area contributed by atoms with Gasteiger partial charge in [0.05, 0.1) is 22.9 Å². The molecule has 0 unspecified atom stereocenters. The lowest BCUT2D eigenvalue weighted by Crippen LogP contribution is -2.57. The molecule has 0 amide bonds. The van der Waals surface area contributed by atoms with Gasteiger partial charge in [-0.2, -0.15) is 0 Å². The number of alkyl halides is 3. The van der Waals surface area contributed by atoms with E-state index >= 15 is 0 Å². The SMILES string of the molecule is C[C@H]1[C@@H](CF)NCCN1c1cc(S(=O)(=O)NC2(C)CC2)cn2c(-c3nnc(C(F)F)s3)ccc12. The van der Waals surface area contributed by atoms with Gasteiger partial charge in [0.2, 0.25) is 10.0 Å². The Hall–Kier alpha value is -2.22. The van der Waals surface area contributed by atoms with Crippen LogP contribution in [0.15, 0.2) is 29.3 Å². The molecule has 184 valence electrons. The second kappa shape index (κ2) is 8.47. The van der Waals surface area contributed by atoms with E-state index in [0.29, 0.717) is 30.0 Å². The smallest absolute Gasteiger partial charge is 0.291 e. The molecule has 4 heterocycles. The minimum absolute atomic E-state index is 0.0432. The number of rotatable bonds is 7. The van der Waals surface area contributed by atoms with Gasteiger partial charge in [0.1, 0.15) is 11.6 Å². The summed E-state index contributed by atoms with van der Waals surface area (Å²) in [5, 5.41) is 10.5. The number of aromatic nitrogens is 3. The number of anilines is 1. The molecule has 1 saturated carbocycles. The van der Waals surface area contributed by atoms with Gasteiger partial charge in [-0.1, -0.05) is 11.3 Å². The monoisotopic (exact) mass is 514 g/mol. The van der Waals surface area contributed by atoms with Crippen LogP contribution < -0.4 is 14.9 Å². The number of fused-ring (bicyclic) bond motifs is 1. The molecular formula is C21H25F3N6O2S2. The van der Waals surface area contributed by atoms with Crippen molar-refractivity contribution in [2.24, 2.45) is 0 Å². The predicted molar refractivity (Wildman–Crippen MR) is 124 cm³/mol. The average Bonchev–Trinajstić information content (AvgIpc) is 3.19. The summed E-state index contributed by atoms with van der Waals surface area (Å²) in [4.78, 5) is 2.03. The van der Waals surface area contributed by atoms with Crippen LogP contribution >= 0.6 is 11.3 Å². The first-order chi connectivity index (χ1) is 16.1. The molecule has 34 heavy (non-hydrogen) atoms. The maximum Gasteiger partial charge on any atom is 0.291 e. The largest absolute Gasteiger partial charge is 0.364 e. The molecule has 13 heteroatoms. The Morgan fingerprint density at radius 2 is 2.09 bits per heavy atom. The second-order valence-corrected chi connectivity index (χ2v) is 11.8. The number of hydrogen-bond acceptors (Lipinski definition) is 7. The van der Waals surface area contributed by atoms with E-state index in [2.05, 4.69) is 20.2 Å². The zero-order valence-electron chi connectivity index (χ0n) is 18.6. The number of hydrogen-bond donors (Lipinski definition) is 2. The molecule has 5 rings (SSSR count). The summed E-state index contributed by atoms with van der Waals surface area (Å²) in [5.74, 6) is 0. The van der Waals surface area contributed by atoms with E-state index in [-0.39, 0.29) is 15.9 Å². The lowest BCUT2D eigenvalue weighted by Gasteiger charge is -2.41. The Morgan fingerprint density at radius 3 is 2.74 bits per heavy atom. The van der Waals surface area contributed by atoms with E-state index in [1.165, 1.54) is 6.20 Å². The van der Waals surface area contributed by atoms with E-state index in [0.717, 1.165) is 24.2 Å². The van der Waals surface area contributed by atoms with Gasteiger partial charge in [-0.3, -0.25) is 0 Å². The highest BCUT2D eigenvalue weighted by molar-refractivity contribution is 7.89. The molecule has 2 N–H and O–H groups in total. The van der Waals surface area contributed by atoms with Crippen LogP contribution in [0.2, 0.25) is 0 Å². The second-order valence-electron chi connectivity index (χ2n) is 9.10. The molecule has 2 aliphatic rings. The topological polar surface area (TPSA) is 91.6 Å². The maximum atomic E-state index is 13.6. The molecule has 3 aromatic rings. The number of sulfonamides is 1. The average molecular weight is 515 g/mol. The van der Waals surface area contributed by atoms with Crippen molar-refractivity contribution in [2.75, 3.05) is 24.7 Å². The van der Waals surface area contributed by atoms with Crippen molar-refractivity contribution in [1.29, 1.82) is 0 Å². The summed E-state index contributed by atoms with van der Waals surface area (Å²) in [6.07, 6.45) is 0.242. The van der Waals surface area contributed by atoms with Crippen LogP contribution in [0, 0.1) is 0 Å². The van der Waals surface area contributed by atoms with Gasteiger partial charge in [0, 0.05) is 30.9 Å². The number of piperazine rings is 1. The molecule has 0 spiro atoms. The lowest BCUT2D eigenvalue weighted by molar-refractivity contribution is 0.150. The normalized spacial score (nSPS) is 22.6. The summed E-state index contributed by atoms with van der Waals surface area (Å²) in [5.41, 5.74) is 1.29. The summed E-state index contributed by atoms with van der Waals surface area (Å²) in [6, 6.07) is 4.47. The maximum absolute atomic E-state index is 13.6. The zero-order valence-corrected chi connectivity index (χ0v) is 20.3. The van der Waals surface area contributed by atoms with Gasteiger partial charge in [-0.05, 0) is 44.9 Å². The highest BCUT2D eigenvalue weighted by Crippen LogP contribution is 2.38. The molecule has 8 nitrogen and oxygen atoms in total. The standard InChI is InChI=1S/C21H25F3N6O2S2/c1-12-14(10-22)25-7-8-29(12)17-9-13(34(31,32)28-21(2)5-6-21)11-30-15(17)3-4-16(30)19-26-27-20(33-19)18(23)24/h3-4,9,11-12,14,18,25,28H,5-8,10H2,1-2H3/t12-,14+/m0/s1. The van der Waals surface area contributed by atoms with E-state index in [1.807, 2.05) is 18.7 Å². The summed E-state index contributed by atoms with van der Waals surface area (Å²) in [6.45, 7) is 4.28. The number of nitrogens with one attached hydrogen (secondary N) is 2. The zero-order chi connectivity index (χ0) is 24.3. The van der Waals surface area contributed by atoms with Crippen LogP contribution in [0.3, 0.4) is 0 Å².